The Balaban J connectivity index is 2.32. The molecule has 17 heavy (non-hydrogen) atoms. The van der Waals surface area contributed by atoms with E-state index in [-0.39, 0.29) is 12.5 Å². The number of aromatic nitrogens is 2. The minimum atomic E-state index is -0.569. The lowest BCUT2D eigenvalue weighted by Gasteiger charge is -2.08. The molecule has 5 heteroatoms. The van der Waals surface area contributed by atoms with Gasteiger partial charge in [0.2, 0.25) is 0 Å². The van der Waals surface area contributed by atoms with Crippen molar-refractivity contribution < 1.29 is 9.90 Å². The second-order valence-electron chi connectivity index (χ2n) is 3.79. The van der Waals surface area contributed by atoms with Gasteiger partial charge in [-0.1, -0.05) is 6.07 Å². The van der Waals surface area contributed by atoms with Gasteiger partial charge in [-0.3, -0.25) is 14.8 Å². The molecule has 0 radical (unpaired) electrons. The van der Waals surface area contributed by atoms with Crippen molar-refractivity contribution in [3.8, 4) is 0 Å². The number of hydrogen-bond donors (Lipinski definition) is 2. The van der Waals surface area contributed by atoms with Gasteiger partial charge < -0.3 is 10.4 Å². The van der Waals surface area contributed by atoms with Crippen LogP contribution in [0.4, 0.5) is 0 Å². The van der Waals surface area contributed by atoms with Crippen molar-refractivity contribution in [2.24, 2.45) is 0 Å². The van der Waals surface area contributed by atoms with E-state index in [1.54, 1.807) is 37.5 Å². The molecule has 2 N–H and O–H groups in total. The smallest absolute Gasteiger partial charge is 0.253 e. The fourth-order valence-corrected chi connectivity index (χ4v) is 1.51. The van der Waals surface area contributed by atoms with Crippen LogP contribution >= 0.6 is 0 Å². The van der Waals surface area contributed by atoms with E-state index in [9.17, 15) is 4.79 Å². The number of fused-ring (bicyclic) bond motifs is 1. The van der Waals surface area contributed by atoms with Gasteiger partial charge in [0.15, 0.2) is 0 Å². The molecule has 0 saturated heterocycles. The van der Waals surface area contributed by atoms with Gasteiger partial charge in [-0.05, 0) is 19.1 Å². The van der Waals surface area contributed by atoms with Gasteiger partial charge in [-0.15, -0.1) is 0 Å². The summed E-state index contributed by atoms with van der Waals surface area (Å²) in [6.45, 7) is 1.83. The van der Waals surface area contributed by atoms with Crippen molar-refractivity contribution in [3.63, 3.8) is 0 Å². The third-order valence-corrected chi connectivity index (χ3v) is 2.30. The summed E-state index contributed by atoms with van der Waals surface area (Å²) in [6, 6.07) is 5.25. The first-order valence-corrected chi connectivity index (χ1v) is 5.34. The van der Waals surface area contributed by atoms with Crippen LogP contribution in [0.25, 0.3) is 11.0 Å². The highest BCUT2D eigenvalue weighted by molar-refractivity contribution is 6.04. The molecule has 0 aliphatic rings. The van der Waals surface area contributed by atoms with E-state index < -0.39 is 6.10 Å². The van der Waals surface area contributed by atoms with Crippen LogP contribution in [0.3, 0.4) is 0 Å². The molecule has 5 nitrogen and oxygen atoms in total. The average Bonchev–Trinajstić information content (AvgIpc) is 2.35. The number of carbonyl (C=O) groups is 1. The number of rotatable bonds is 3. The summed E-state index contributed by atoms with van der Waals surface area (Å²) in [4.78, 5) is 20.1. The van der Waals surface area contributed by atoms with Gasteiger partial charge in [-0.25, -0.2) is 0 Å². The average molecular weight is 231 g/mol. The molecule has 2 rings (SSSR count). The summed E-state index contributed by atoms with van der Waals surface area (Å²) >= 11 is 0. The predicted octanol–water partition coefficient (Wildman–Crippen LogP) is 0.740. The Morgan fingerprint density at radius 1 is 1.41 bits per heavy atom. The number of nitrogens with zero attached hydrogens (tertiary/aromatic N) is 2. The molecular weight excluding hydrogens is 218 g/mol. The maximum atomic E-state index is 11.9. The van der Waals surface area contributed by atoms with Gasteiger partial charge in [0.05, 0.1) is 17.2 Å². The van der Waals surface area contributed by atoms with Crippen molar-refractivity contribution in [2.45, 2.75) is 13.0 Å². The normalized spacial score (nSPS) is 12.4. The van der Waals surface area contributed by atoms with Crippen LogP contribution in [-0.2, 0) is 0 Å². The van der Waals surface area contributed by atoms with Crippen LogP contribution in [0.2, 0.25) is 0 Å². The van der Waals surface area contributed by atoms with Crippen LogP contribution in [0.15, 0.2) is 30.6 Å². The molecule has 2 aromatic rings. The predicted molar refractivity (Wildman–Crippen MR) is 63.6 cm³/mol. The zero-order valence-electron chi connectivity index (χ0n) is 9.42. The maximum Gasteiger partial charge on any atom is 0.253 e. The molecule has 88 valence electrons. The monoisotopic (exact) mass is 231 g/mol. The van der Waals surface area contributed by atoms with Crippen LogP contribution in [0, 0.1) is 0 Å². The van der Waals surface area contributed by atoms with Gasteiger partial charge in [0, 0.05) is 18.9 Å². The summed E-state index contributed by atoms with van der Waals surface area (Å²) in [7, 11) is 0. The van der Waals surface area contributed by atoms with E-state index in [2.05, 4.69) is 15.3 Å². The van der Waals surface area contributed by atoms with Gasteiger partial charge in [0.25, 0.3) is 5.91 Å². The van der Waals surface area contributed by atoms with Gasteiger partial charge in [0.1, 0.15) is 5.52 Å². The van der Waals surface area contributed by atoms with E-state index in [1.807, 2.05) is 0 Å². The topological polar surface area (TPSA) is 75.1 Å². The Labute approximate surface area is 98.5 Å². The molecule has 1 amide bonds. The maximum absolute atomic E-state index is 11.9. The number of carbonyl (C=O) groups excluding carboxylic acids is 1. The lowest BCUT2D eigenvalue weighted by Crippen LogP contribution is -2.30. The molecule has 0 aliphatic carbocycles. The van der Waals surface area contributed by atoms with Crippen molar-refractivity contribution in [3.05, 3.63) is 36.2 Å². The largest absolute Gasteiger partial charge is 0.392 e. The molecule has 1 aromatic heterocycles. The first-order chi connectivity index (χ1) is 8.18. The number of hydrogen-bond acceptors (Lipinski definition) is 4. The van der Waals surface area contributed by atoms with Gasteiger partial charge >= 0.3 is 0 Å². The van der Waals surface area contributed by atoms with E-state index in [4.69, 9.17) is 5.11 Å². The van der Waals surface area contributed by atoms with Crippen molar-refractivity contribution in [1.29, 1.82) is 0 Å². The molecule has 0 spiro atoms. The summed E-state index contributed by atoms with van der Waals surface area (Å²) in [5.74, 6) is -0.253. The highest BCUT2D eigenvalue weighted by Crippen LogP contribution is 2.13. The van der Waals surface area contributed by atoms with Crippen LogP contribution in [0.1, 0.15) is 17.3 Å². The Kier molecular flexibility index (Phi) is 3.30. The van der Waals surface area contributed by atoms with Crippen molar-refractivity contribution >= 4 is 16.9 Å². The molecule has 0 saturated carbocycles. The SMILES string of the molecule is CC(O)CNC(=O)c1cccc2nccnc12. The highest BCUT2D eigenvalue weighted by atomic mass is 16.3. The molecule has 1 aromatic carbocycles. The minimum absolute atomic E-state index is 0.218. The van der Waals surface area contributed by atoms with Crippen molar-refractivity contribution in [1.82, 2.24) is 15.3 Å². The zero-order valence-corrected chi connectivity index (χ0v) is 9.42. The lowest BCUT2D eigenvalue weighted by atomic mass is 10.1. The first-order valence-electron chi connectivity index (χ1n) is 5.34. The third kappa shape index (κ3) is 2.57. The van der Waals surface area contributed by atoms with Crippen LogP contribution in [0.5, 0.6) is 0 Å². The molecular formula is C12H13N3O2. The second kappa shape index (κ2) is 4.88. The fraction of sp³-hybridized carbons (Fsp3) is 0.250. The third-order valence-electron chi connectivity index (χ3n) is 2.30. The standard InChI is InChI=1S/C12H13N3O2/c1-8(16)7-15-12(17)9-3-2-4-10-11(9)14-6-5-13-10/h2-6,8,16H,7H2,1H3,(H,15,17). The quantitative estimate of drug-likeness (QED) is 0.817. The molecule has 1 unspecified atom stereocenters. The zero-order chi connectivity index (χ0) is 12.3. The highest BCUT2D eigenvalue weighted by Gasteiger charge is 2.11. The van der Waals surface area contributed by atoms with E-state index >= 15 is 0 Å². The minimum Gasteiger partial charge on any atom is -0.392 e. The van der Waals surface area contributed by atoms with Crippen molar-refractivity contribution in [2.75, 3.05) is 6.54 Å². The summed E-state index contributed by atoms with van der Waals surface area (Å²) in [6.07, 6.45) is 2.56. The van der Waals surface area contributed by atoms with Crippen LogP contribution < -0.4 is 5.32 Å². The molecule has 0 bridgehead atoms. The fourth-order valence-electron chi connectivity index (χ4n) is 1.51. The number of para-hydroxylation sites is 1. The van der Waals surface area contributed by atoms with E-state index in [0.29, 0.717) is 16.6 Å². The Morgan fingerprint density at radius 2 is 2.18 bits per heavy atom. The summed E-state index contributed by atoms with van der Waals surface area (Å²) in [5.41, 5.74) is 1.71. The lowest BCUT2D eigenvalue weighted by molar-refractivity contribution is 0.0925. The number of amides is 1. The van der Waals surface area contributed by atoms with Gasteiger partial charge in [-0.2, -0.15) is 0 Å². The molecule has 0 fully saturated rings. The summed E-state index contributed by atoms with van der Waals surface area (Å²) in [5, 5.41) is 11.8. The number of aliphatic hydroxyl groups is 1. The molecule has 1 atom stereocenters. The Bertz CT molecular complexity index is 535. The second-order valence-corrected chi connectivity index (χ2v) is 3.79. The summed E-state index contributed by atoms with van der Waals surface area (Å²) < 4.78 is 0. The van der Waals surface area contributed by atoms with E-state index in [1.165, 1.54) is 0 Å². The first kappa shape index (κ1) is 11.5. The number of nitrogens with one attached hydrogen (secondary N) is 1. The van der Waals surface area contributed by atoms with E-state index in [0.717, 1.165) is 0 Å². The number of aliphatic hydroxyl groups excluding tert-OH is 1. The molecule has 1 heterocycles. The molecule has 0 aliphatic heterocycles. The number of benzene rings is 1. The van der Waals surface area contributed by atoms with Crippen LogP contribution in [-0.4, -0.2) is 33.6 Å². The Morgan fingerprint density at radius 3 is 2.94 bits per heavy atom. The Hall–Kier alpha value is -2.01.